The molecule has 0 bridgehead atoms. The Labute approximate surface area is 148 Å². The van der Waals surface area contributed by atoms with Crippen molar-refractivity contribution in [1.82, 2.24) is 19.7 Å². The summed E-state index contributed by atoms with van der Waals surface area (Å²) in [4.78, 5) is 22.6. The maximum Gasteiger partial charge on any atom is 0.256 e. The van der Waals surface area contributed by atoms with E-state index >= 15 is 0 Å². The molecule has 0 fully saturated rings. The predicted octanol–water partition coefficient (Wildman–Crippen LogP) is 3.65. The van der Waals surface area contributed by atoms with Crippen molar-refractivity contribution in [3.8, 4) is 10.6 Å². The van der Waals surface area contributed by atoms with Gasteiger partial charge in [0.1, 0.15) is 0 Å². The summed E-state index contributed by atoms with van der Waals surface area (Å²) in [5.74, 6) is -0.187. The summed E-state index contributed by atoms with van der Waals surface area (Å²) in [5.41, 5.74) is 3.51. The number of nitrogens with zero attached hydrogens (tertiary/aromatic N) is 4. The van der Waals surface area contributed by atoms with Crippen LogP contribution in [0.1, 0.15) is 16.1 Å². The highest BCUT2D eigenvalue weighted by Crippen LogP contribution is 2.29. The van der Waals surface area contributed by atoms with E-state index in [1.807, 2.05) is 37.6 Å². The maximum absolute atomic E-state index is 12.9. The topological polar surface area (TPSA) is 72.7 Å². The van der Waals surface area contributed by atoms with Crippen molar-refractivity contribution in [3.63, 3.8) is 0 Å². The summed E-state index contributed by atoms with van der Waals surface area (Å²) in [6.45, 7) is 1.89. The molecule has 0 spiro atoms. The van der Waals surface area contributed by atoms with Crippen LogP contribution in [0.5, 0.6) is 0 Å². The highest BCUT2D eigenvalue weighted by Gasteiger charge is 2.19. The zero-order valence-electron chi connectivity index (χ0n) is 13.7. The van der Waals surface area contributed by atoms with Crippen molar-refractivity contribution in [2.75, 3.05) is 5.32 Å². The summed E-state index contributed by atoms with van der Waals surface area (Å²) in [6, 6.07) is 9.31. The van der Waals surface area contributed by atoms with Gasteiger partial charge in [0.2, 0.25) is 0 Å². The second-order valence-corrected chi connectivity index (χ2v) is 6.58. The smallest absolute Gasteiger partial charge is 0.256 e. The van der Waals surface area contributed by atoms with Crippen LogP contribution >= 0.6 is 11.3 Å². The lowest BCUT2D eigenvalue weighted by Crippen LogP contribution is -2.13. The third-order valence-corrected chi connectivity index (χ3v) is 4.82. The molecule has 7 heteroatoms. The van der Waals surface area contributed by atoms with Gasteiger partial charge in [-0.1, -0.05) is 6.07 Å². The molecule has 0 atom stereocenters. The van der Waals surface area contributed by atoms with Gasteiger partial charge in [-0.3, -0.25) is 14.5 Å². The summed E-state index contributed by atoms with van der Waals surface area (Å²) in [5, 5.41) is 10.1. The van der Waals surface area contributed by atoms with Gasteiger partial charge in [-0.05, 0) is 36.6 Å². The van der Waals surface area contributed by atoms with E-state index in [4.69, 9.17) is 4.98 Å². The number of anilines is 1. The van der Waals surface area contributed by atoms with E-state index in [2.05, 4.69) is 15.4 Å². The molecule has 0 aromatic carbocycles. The molecule has 4 aromatic rings. The normalized spacial score (nSPS) is 11.0. The van der Waals surface area contributed by atoms with E-state index in [9.17, 15) is 4.79 Å². The van der Waals surface area contributed by atoms with Crippen LogP contribution in [0.2, 0.25) is 0 Å². The van der Waals surface area contributed by atoms with E-state index in [1.165, 1.54) is 0 Å². The number of hydrogen-bond donors (Lipinski definition) is 1. The Bertz CT molecular complexity index is 1050. The summed E-state index contributed by atoms with van der Waals surface area (Å²) < 4.78 is 1.71. The Kier molecular flexibility index (Phi) is 3.77. The summed E-state index contributed by atoms with van der Waals surface area (Å²) >= 11 is 1.59. The fraction of sp³-hybridized carbons (Fsp3) is 0.111. The van der Waals surface area contributed by atoms with Crippen molar-refractivity contribution in [1.29, 1.82) is 0 Å². The minimum atomic E-state index is -0.187. The number of pyridine rings is 2. The second-order valence-electron chi connectivity index (χ2n) is 5.63. The van der Waals surface area contributed by atoms with E-state index in [0.717, 1.165) is 21.7 Å². The molecule has 4 rings (SSSR count). The molecule has 0 aliphatic rings. The van der Waals surface area contributed by atoms with Gasteiger partial charge in [-0.15, -0.1) is 11.3 Å². The molecule has 1 N–H and O–H groups in total. The standard InChI is InChI=1S/C18H15N5OS/c1-11-16-13(18(24)20-12-5-7-19-8-6-12)10-14(15-4-3-9-25-15)21-17(16)23(2)22-11/h3-10H,1-2H3,(H,19,20,24). The van der Waals surface area contributed by atoms with Gasteiger partial charge in [0.25, 0.3) is 5.91 Å². The number of aromatic nitrogens is 4. The molecule has 0 saturated heterocycles. The fourth-order valence-electron chi connectivity index (χ4n) is 2.81. The fourth-order valence-corrected chi connectivity index (χ4v) is 3.49. The van der Waals surface area contributed by atoms with Crippen molar-refractivity contribution >= 4 is 34.0 Å². The molecule has 124 valence electrons. The molecule has 0 unspecified atom stereocenters. The van der Waals surface area contributed by atoms with Gasteiger partial charge >= 0.3 is 0 Å². The van der Waals surface area contributed by atoms with Crippen LogP contribution in [0, 0.1) is 6.92 Å². The predicted molar refractivity (Wildman–Crippen MR) is 98.7 cm³/mol. The van der Waals surface area contributed by atoms with Gasteiger partial charge < -0.3 is 5.32 Å². The van der Waals surface area contributed by atoms with Gasteiger partial charge in [0.15, 0.2) is 5.65 Å². The van der Waals surface area contributed by atoms with Crippen molar-refractivity contribution < 1.29 is 4.79 Å². The van der Waals surface area contributed by atoms with Crippen molar-refractivity contribution in [3.05, 3.63) is 59.4 Å². The highest BCUT2D eigenvalue weighted by molar-refractivity contribution is 7.13. The van der Waals surface area contributed by atoms with Crippen LogP contribution in [0.4, 0.5) is 5.69 Å². The summed E-state index contributed by atoms with van der Waals surface area (Å²) in [6.07, 6.45) is 3.29. The number of hydrogen-bond acceptors (Lipinski definition) is 5. The number of fused-ring (bicyclic) bond motifs is 1. The SMILES string of the molecule is Cc1nn(C)c2nc(-c3cccs3)cc(C(=O)Nc3ccncc3)c12. The van der Waals surface area contributed by atoms with Gasteiger partial charge in [-0.25, -0.2) is 4.98 Å². The number of aryl methyl sites for hydroxylation is 2. The Morgan fingerprint density at radius 3 is 2.76 bits per heavy atom. The lowest BCUT2D eigenvalue weighted by atomic mass is 10.1. The number of thiophene rings is 1. The van der Waals surface area contributed by atoms with Crippen LogP contribution in [0.15, 0.2) is 48.1 Å². The minimum Gasteiger partial charge on any atom is -0.322 e. The number of nitrogens with one attached hydrogen (secondary N) is 1. The van der Waals surface area contributed by atoms with Crippen LogP contribution in [-0.4, -0.2) is 25.7 Å². The second kappa shape index (κ2) is 6.10. The zero-order valence-corrected chi connectivity index (χ0v) is 14.5. The molecule has 4 aromatic heterocycles. The van der Waals surface area contributed by atoms with Crippen LogP contribution in [0.3, 0.4) is 0 Å². The number of rotatable bonds is 3. The molecule has 0 saturated carbocycles. The first-order valence-corrected chi connectivity index (χ1v) is 8.61. The number of carbonyl (C=O) groups excluding carboxylic acids is 1. The van der Waals surface area contributed by atoms with Crippen LogP contribution < -0.4 is 5.32 Å². The largest absolute Gasteiger partial charge is 0.322 e. The highest BCUT2D eigenvalue weighted by atomic mass is 32.1. The third kappa shape index (κ3) is 2.78. The minimum absolute atomic E-state index is 0.187. The lowest BCUT2D eigenvalue weighted by Gasteiger charge is -2.08. The number of amides is 1. The van der Waals surface area contributed by atoms with Crippen molar-refractivity contribution in [2.24, 2.45) is 7.05 Å². The van der Waals surface area contributed by atoms with Gasteiger partial charge in [-0.2, -0.15) is 5.10 Å². The molecule has 0 aliphatic carbocycles. The van der Waals surface area contributed by atoms with Gasteiger partial charge in [0.05, 0.1) is 27.2 Å². The zero-order chi connectivity index (χ0) is 17.4. The first-order valence-electron chi connectivity index (χ1n) is 7.73. The molecular formula is C18H15N5OS. The first kappa shape index (κ1) is 15.5. The Balaban J connectivity index is 1.87. The monoisotopic (exact) mass is 349 g/mol. The quantitative estimate of drug-likeness (QED) is 0.613. The van der Waals surface area contributed by atoms with Crippen LogP contribution in [0.25, 0.3) is 21.6 Å². The summed E-state index contributed by atoms with van der Waals surface area (Å²) in [7, 11) is 1.84. The van der Waals surface area contributed by atoms with E-state index in [0.29, 0.717) is 16.9 Å². The third-order valence-electron chi connectivity index (χ3n) is 3.93. The van der Waals surface area contributed by atoms with E-state index in [1.54, 1.807) is 40.5 Å². The molecule has 25 heavy (non-hydrogen) atoms. The average molecular weight is 349 g/mol. The van der Waals surface area contributed by atoms with E-state index in [-0.39, 0.29) is 5.91 Å². The average Bonchev–Trinajstić information content (AvgIpc) is 3.24. The molecular weight excluding hydrogens is 334 g/mol. The van der Waals surface area contributed by atoms with Crippen LogP contribution in [-0.2, 0) is 7.05 Å². The first-order chi connectivity index (χ1) is 12.1. The van der Waals surface area contributed by atoms with Crippen molar-refractivity contribution in [2.45, 2.75) is 6.92 Å². The maximum atomic E-state index is 12.9. The van der Waals surface area contributed by atoms with E-state index < -0.39 is 0 Å². The molecule has 4 heterocycles. The molecule has 0 radical (unpaired) electrons. The lowest BCUT2D eigenvalue weighted by molar-refractivity contribution is 0.102. The Morgan fingerprint density at radius 1 is 1.24 bits per heavy atom. The molecule has 0 aliphatic heterocycles. The molecule has 1 amide bonds. The Morgan fingerprint density at radius 2 is 2.04 bits per heavy atom. The molecule has 6 nitrogen and oxygen atoms in total. The number of carbonyl (C=O) groups is 1. The Hall–Kier alpha value is -3.06. The van der Waals surface area contributed by atoms with Gasteiger partial charge in [0, 0.05) is 25.1 Å².